The first-order valence-electron chi connectivity index (χ1n) is 7.43. The number of ether oxygens (including phenoxy) is 1. The number of nitrogens with one attached hydrogen (secondary N) is 1. The summed E-state index contributed by atoms with van der Waals surface area (Å²) in [5.74, 6) is -0.0972. The molecule has 1 aliphatic rings. The third-order valence-corrected chi connectivity index (χ3v) is 3.84. The molecule has 1 fully saturated rings. The van der Waals surface area contributed by atoms with Gasteiger partial charge in [0.05, 0.1) is 12.2 Å². The van der Waals surface area contributed by atoms with E-state index in [0.29, 0.717) is 31.3 Å². The molecular formula is C16H24N2O3. The van der Waals surface area contributed by atoms with E-state index in [1.165, 1.54) is 0 Å². The van der Waals surface area contributed by atoms with E-state index in [0.717, 1.165) is 24.9 Å². The number of phenolic OH excluding ortho intramolecular Hbond substituents is 1. The van der Waals surface area contributed by atoms with Crippen molar-refractivity contribution in [3.63, 3.8) is 0 Å². The fourth-order valence-electron chi connectivity index (χ4n) is 2.65. The van der Waals surface area contributed by atoms with E-state index in [9.17, 15) is 9.90 Å². The van der Waals surface area contributed by atoms with E-state index >= 15 is 0 Å². The Hall–Kier alpha value is -1.59. The van der Waals surface area contributed by atoms with Crippen molar-refractivity contribution >= 4 is 5.91 Å². The van der Waals surface area contributed by atoms with Crippen molar-refractivity contribution in [1.29, 1.82) is 0 Å². The molecule has 1 aromatic carbocycles. The number of carbonyl (C=O) groups is 1. The van der Waals surface area contributed by atoms with Crippen LogP contribution in [-0.2, 0) is 4.74 Å². The topological polar surface area (TPSA) is 61.8 Å². The summed E-state index contributed by atoms with van der Waals surface area (Å²) in [5, 5.41) is 13.4. The standard InChI is InChI=1S/C16H24N2O3/c1-12-5-6-14(15(19)10-12)16(20)18(8-9-21-2)11-13-4-3-7-17-13/h5-6,10,13,17,19H,3-4,7-9,11H2,1-2H3. The van der Waals surface area contributed by atoms with Crippen LogP contribution in [0.4, 0.5) is 0 Å². The molecule has 0 spiro atoms. The van der Waals surface area contributed by atoms with Crippen molar-refractivity contribution in [2.24, 2.45) is 0 Å². The highest BCUT2D eigenvalue weighted by molar-refractivity contribution is 5.97. The highest BCUT2D eigenvalue weighted by Crippen LogP contribution is 2.21. The van der Waals surface area contributed by atoms with Crippen LogP contribution < -0.4 is 5.32 Å². The molecule has 1 amide bonds. The van der Waals surface area contributed by atoms with E-state index < -0.39 is 0 Å². The van der Waals surface area contributed by atoms with Gasteiger partial charge in [0.15, 0.2) is 0 Å². The number of rotatable bonds is 6. The first-order chi connectivity index (χ1) is 10.1. The van der Waals surface area contributed by atoms with Crippen LogP contribution in [0.15, 0.2) is 18.2 Å². The Labute approximate surface area is 125 Å². The monoisotopic (exact) mass is 292 g/mol. The van der Waals surface area contributed by atoms with Gasteiger partial charge in [0, 0.05) is 26.2 Å². The molecule has 1 aromatic rings. The number of hydrogen-bond acceptors (Lipinski definition) is 4. The average Bonchev–Trinajstić information content (AvgIpc) is 2.95. The van der Waals surface area contributed by atoms with Crippen LogP contribution in [0.1, 0.15) is 28.8 Å². The van der Waals surface area contributed by atoms with Gasteiger partial charge in [0.1, 0.15) is 5.75 Å². The summed E-state index contributed by atoms with van der Waals surface area (Å²) in [5.41, 5.74) is 1.29. The number of benzene rings is 1. The summed E-state index contributed by atoms with van der Waals surface area (Å²) >= 11 is 0. The van der Waals surface area contributed by atoms with Crippen molar-refractivity contribution in [3.05, 3.63) is 29.3 Å². The van der Waals surface area contributed by atoms with Crippen LogP contribution in [0, 0.1) is 6.92 Å². The van der Waals surface area contributed by atoms with Gasteiger partial charge in [0.2, 0.25) is 0 Å². The number of nitrogens with zero attached hydrogens (tertiary/aromatic N) is 1. The summed E-state index contributed by atoms with van der Waals surface area (Å²) in [6, 6.07) is 5.48. The number of carbonyl (C=O) groups excluding carboxylic acids is 1. The molecule has 5 nitrogen and oxygen atoms in total. The van der Waals surface area contributed by atoms with Crippen LogP contribution in [0.5, 0.6) is 5.75 Å². The molecule has 1 heterocycles. The van der Waals surface area contributed by atoms with Gasteiger partial charge in [-0.1, -0.05) is 6.07 Å². The molecule has 0 aliphatic carbocycles. The number of aromatic hydroxyl groups is 1. The molecule has 2 rings (SSSR count). The molecule has 0 aromatic heterocycles. The van der Waals surface area contributed by atoms with Gasteiger partial charge in [-0.3, -0.25) is 4.79 Å². The molecule has 0 radical (unpaired) electrons. The Kier molecular flexibility index (Phi) is 5.59. The lowest BCUT2D eigenvalue weighted by atomic mass is 10.1. The zero-order valence-corrected chi connectivity index (χ0v) is 12.8. The number of hydrogen-bond donors (Lipinski definition) is 2. The lowest BCUT2D eigenvalue weighted by Crippen LogP contribution is -2.42. The molecule has 2 N–H and O–H groups in total. The maximum atomic E-state index is 12.7. The highest BCUT2D eigenvalue weighted by Gasteiger charge is 2.23. The van der Waals surface area contributed by atoms with Crippen LogP contribution >= 0.6 is 0 Å². The molecule has 1 unspecified atom stereocenters. The number of phenols is 1. The molecule has 1 atom stereocenters. The normalized spacial score (nSPS) is 17.9. The van der Waals surface area contributed by atoms with Gasteiger partial charge in [-0.15, -0.1) is 0 Å². The zero-order valence-electron chi connectivity index (χ0n) is 12.8. The summed E-state index contributed by atoms with van der Waals surface area (Å²) in [6.07, 6.45) is 2.23. The highest BCUT2D eigenvalue weighted by atomic mass is 16.5. The molecule has 0 saturated carbocycles. The summed E-state index contributed by atoms with van der Waals surface area (Å²) in [4.78, 5) is 14.4. The zero-order chi connectivity index (χ0) is 15.2. The van der Waals surface area contributed by atoms with Crippen molar-refractivity contribution in [3.8, 4) is 5.75 Å². The average molecular weight is 292 g/mol. The molecular weight excluding hydrogens is 268 g/mol. The largest absolute Gasteiger partial charge is 0.507 e. The lowest BCUT2D eigenvalue weighted by Gasteiger charge is -2.26. The smallest absolute Gasteiger partial charge is 0.257 e. The molecule has 116 valence electrons. The third kappa shape index (κ3) is 4.19. The second kappa shape index (κ2) is 7.43. The Morgan fingerprint density at radius 2 is 2.33 bits per heavy atom. The fraction of sp³-hybridized carbons (Fsp3) is 0.562. The Bertz CT molecular complexity index is 484. The Morgan fingerprint density at radius 3 is 2.95 bits per heavy atom. The van der Waals surface area contributed by atoms with Gasteiger partial charge < -0.3 is 20.1 Å². The fourth-order valence-corrected chi connectivity index (χ4v) is 2.65. The summed E-state index contributed by atoms with van der Waals surface area (Å²) in [6.45, 7) is 4.56. The summed E-state index contributed by atoms with van der Waals surface area (Å²) in [7, 11) is 1.62. The predicted molar refractivity (Wildman–Crippen MR) is 81.6 cm³/mol. The van der Waals surface area contributed by atoms with Crippen molar-refractivity contribution in [2.75, 3.05) is 33.4 Å². The van der Waals surface area contributed by atoms with E-state index in [1.54, 1.807) is 24.1 Å². The van der Waals surface area contributed by atoms with Crippen molar-refractivity contribution in [2.45, 2.75) is 25.8 Å². The molecule has 1 aliphatic heterocycles. The van der Waals surface area contributed by atoms with E-state index in [4.69, 9.17) is 4.74 Å². The van der Waals surface area contributed by atoms with Gasteiger partial charge in [-0.2, -0.15) is 0 Å². The first kappa shape index (κ1) is 15.8. The van der Waals surface area contributed by atoms with Crippen LogP contribution in [0.2, 0.25) is 0 Å². The lowest BCUT2D eigenvalue weighted by molar-refractivity contribution is 0.0676. The first-order valence-corrected chi connectivity index (χ1v) is 7.43. The molecule has 0 bridgehead atoms. The van der Waals surface area contributed by atoms with Gasteiger partial charge in [-0.05, 0) is 44.0 Å². The van der Waals surface area contributed by atoms with Crippen molar-refractivity contribution in [1.82, 2.24) is 10.2 Å². The SMILES string of the molecule is COCCN(CC1CCCN1)C(=O)c1ccc(C)cc1O. The predicted octanol–water partition coefficient (Wildman–Crippen LogP) is 1.54. The van der Waals surface area contributed by atoms with Gasteiger partial charge in [-0.25, -0.2) is 0 Å². The number of amides is 1. The van der Waals surface area contributed by atoms with Gasteiger partial charge >= 0.3 is 0 Å². The van der Waals surface area contributed by atoms with Crippen LogP contribution in [0.3, 0.4) is 0 Å². The summed E-state index contributed by atoms with van der Waals surface area (Å²) < 4.78 is 5.10. The maximum absolute atomic E-state index is 12.7. The van der Waals surface area contributed by atoms with E-state index in [-0.39, 0.29) is 11.7 Å². The minimum Gasteiger partial charge on any atom is -0.507 e. The Morgan fingerprint density at radius 1 is 1.52 bits per heavy atom. The molecule has 21 heavy (non-hydrogen) atoms. The van der Waals surface area contributed by atoms with Crippen molar-refractivity contribution < 1.29 is 14.6 Å². The minimum absolute atomic E-state index is 0.0433. The van der Waals surface area contributed by atoms with Crippen LogP contribution in [-0.4, -0.2) is 55.3 Å². The van der Waals surface area contributed by atoms with Gasteiger partial charge in [0.25, 0.3) is 5.91 Å². The second-order valence-corrected chi connectivity index (χ2v) is 5.56. The number of methoxy groups -OCH3 is 1. The molecule has 5 heteroatoms. The minimum atomic E-state index is -0.141. The molecule has 1 saturated heterocycles. The Balaban J connectivity index is 2.11. The van der Waals surface area contributed by atoms with Crippen LogP contribution in [0.25, 0.3) is 0 Å². The quantitative estimate of drug-likeness (QED) is 0.835. The van der Waals surface area contributed by atoms with E-state index in [2.05, 4.69) is 5.32 Å². The third-order valence-electron chi connectivity index (χ3n) is 3.84. The number of aryl methyl sites for hydroxylation is 1. The van der Waals surface area contributed by atoms with E-state index in [1.807, 2.05) is 13.0 Å². The maximum Gasteiger partial charge on any atom is 0.257 e. The second-order valence-electron chi connectivity index (χ2n) is 5.56.